The topological polar surface area (TPSA) is 101 Å². The number of allylic oxidation sites excluding steroid dienone is 3. The predicted molar refractivity (Wildman–Crippen MR) is 130 cm³/mol. The highest BCUT2D eigenvalue weighted by molar-refractivity contribution is 6.39. The summed E-state index contributed by atoms with van der Waals surface area (Å²) in [5.74, 6) is -4.67. The number of alkyl halides is 2. The molecule has 2 rings (SSSR count). The van der Waals surface area contributed by atoms with Crippen LogP contribution in [-0.2, 0) is 14.3 Å². The monoisotopic (exact) mass is 490 g/mol. The number of piperidine rings is 1. The van der Waals surface area contributed by atoms with Gasteiger partial charge in [0.05, 0.1) is 17.9 Å². The Morgan fingerprint density at radius 3 is 2.54 bits per heavy atom. The first-order chi connectivity index (χ1) is 16.2. The molecule has 2 N–H and O–H groups in total. The fourth-order valence-electron chi connectivity index (χ4n) is 3.40. The minimum absolute atomic E-state index is 0.210. The van der Waals surface area contributed by atoms with E-state index in [0.29, 0.717) is 11.1 Å². The molecule has 0 bridgehead atoms. The summed E-state index contributed by atoms with van der Waals surface area (Å²) in [5.41, 5.74) is 0.343. The van der Waals surface area contributed by atoms with Gasteiger partial charge in [0.25, 0.3) is 5.92 Å². The van der Waals surface area contributed by atoms with Crippen molar-refractivity contribution in [3.05, 3.63) is 54.3 Å². The third-order valence-corrected chi connectivity index (χ3v) is 5.04. The van der Waals surface area contributed by atoms with Crippen LogP contribution in [0.3, 0.4) is 0 Å². The summed E-state index contributed by atoms with van der Waals surface area (Å²) in [4.78, 5) is 42.7. The number of likely N-dealkylation sites (tertiary alicyclic amines) is 1. The molecule has 1 aliphatic heterocycles. The fraction of sp³-hybridized carbons (Fsp3) is 0.440. The van der Waals surface area contributed by atoms with Crippen LogP contribution in [0.4, 0.5) is 25.1 Å². The van der Waals surface area contributed by atoms with Crippen LogP contribution in [0, 0.1) is 6.92 Å². The molecule has 1 atom stereocenters. The standard InChI is InChI=1S/C25H32F2N4O4/c1-7-8-9-10-16(2)19-14-25(26,27)11-12-31(19)22(33)21(32)29-18-13-17(3)20(28-15-18)30-23(34)35-24(4,5)6/h7-10,13,15,19H,2,11-12,14H2,1,3-6H3,(H,29,32)(H,28,30,34)/b8-7-,10-9-/t19-/m0/s1. The molecule has 190 valence electrons. The number of ether oxygens (including phenoxy) is 1. The van der Waals surface area contributed by atoms with Crippen LogP contribution in [0.15, 0.2) is 48.7 Å². The molecule has 8 nitrogen and oxygen atoms in total. The van der Waals surface area contributed by atoms with E-state index in [2.05, 4.69) is 22.2 Å². The van der Waals surface area contributed by atoms with Gasteiger partial charge in [-0.25, -0.2) is 18.6 Å². The number of hydrogen-bond acceptors (Lipinski definition) is 5. The summed E-state index contributed by atoms with van der Waals surface area (Å²) in [6.07, 6.45) is 6.09. The Kier molecular flexibility index (Phi) is 8.89. The maximum absolute atomic E-state index is 14.1. The Balaban J connectivity index is 2.12. The van der Waals surface area contributed by atoms with Crippen molar-refractivity contribution in [2.45, 2.75) is 65.0 Å². The quantitative estimate of drug-likeness (QED) is 0.447. The summed E-state index contributed by atoms with van der Waals surface area (Å²) in [6, 6.07) is 0.504. The Bertz CT molecular complexity index is 1040. The lowest BCUT2D eigenvalue weighted by atomic mass is 9.92. The first kappa shape index (κ1) is 27.7. The molecule has 1 fully saturated rings. The number of aryl methyl sites for hydroxylation is 1. The Morgan fingerprint density at radius 2 is 1.94 bits per heavy atom. The second kappa shape index (κ2) is 11.2. The van der Waals surface area contributed by atoms with Crippen LogP contribution >= 0.6 is 0 Å². The van der Waals surface area contributed by atoms with E-state index in [4.69, 9.17) is 4.74 Å². The summed E-state index contributed by atoms with van der Waals surface area (Å²) in [7, 11) is 0. The van der Waals surface area contributed by atoms with Gasteiger partial charge in [-0.15, -0.1) is 0 Å². The molecule has 0 spiro atoms. The van der Waals surface area contributed by atoms with Gasteiger partial charge in [0, 0.05) is 19.4 Å². The number of nitrogens with zero attached hydrogens (tertiary/aromatic N) is 2. The molecular weight excluding hydrogens is 458 g/mol. The van der Waals surface area contributed by atoms with Gasteiger partial charge in [-0.2, -0.15) is 0 Å². The molecule has 2 heterocycles. The molecule has 0 unspecified atom stereocenters. The van der Waals surface area contributed by atoms with E-state index in [1.54, 1.807) is 58.9 Å². The molecular formula is C25H32F2N4O4. The van der Waals surface area contributed by atoms with E-state index in [1.807, 2.05) is 0 Å². The first-order valence-electron chi connectivity index (χ1n) is 11.2. The van der Waals surface area contributed by atoms with Gasteiger partial charge in [0.1, 0.15) is 11.4 Å². The van der Waals surface area contributed by atoms with Gasteiger partial charge in [0.2, 0.25) is 0 Å². The van der Waals surface area contributed by atoms with Crippen molar-refractivity contribution in [3.63, 3.8) is 0 Å². The molecule has 0 saturated carbocycles. The predicted octanol–water partition coefficient (Wildman–Crippen LogP) is 4.99. The van der Waals surface area contributed by atoms with E-state index >= 15 is 0 Å². The molecule has 3 amide bonds. The number of carbonyl (C=O) groups is 3. The van der Waals surface area contributed by atoms with Crippen molar-refractivity contribution < 1.29 is 27.9 Å². The Labute approximate surface area is 204 Å². The highest BCUT2D eigenvalue weighted by Gasteiger charge is 2.44. The molecule has 1 aliphatic rings. The highest BCUT2D eigenvalue weighted by Crippen LogP contribution is 2.35. The average molecular weight is 491 g/mol. The second-order valence-corrected chi connectivity index (χ2v) is 9.25. The van der Waals surface area contributed by atoms with Crippen molar-refractivity contribution in [1.82, 2.24) is 9.88 Å². The number of pyridine rings is 1. The maximum Gasteiger partial charge on any atom is 0.413 e. The molecule has 35 heavy (non-hydrogen) atoms. The smallest absolute Gasteiger partial charge is 0.413 e. The van der Waals surface area contributed by atoms with Crippen molar-refractivity contribution in [3.8, 4) is 0 Å². The lowest BCUT2D eigenvalue weighted by Gasteiger charge is -2.39. The van der Waals surface area contributed by atoms with E-state index in [1.165, 1.54) is 12.3 Å². The summed E-state index contributed by atoms with van der Waals surface area (Å²) in [6.45, 7) is 12.2. The zero-order valence-corrected chi connectivity index (χ0v) is 20.7. The van der Waals surface area contributed by atoms with Gasteiger partial charge in [-0.05, 0) is 51.8 Å². The van der Waals surface area contributed by atoms with E-state index in [0.717, 1.165) is 4.90 Å². The lowest BCUT2D eigenvalue weighted by molar-refractivity contribution is -0.150. The SMILES string of the molecule is C=C(/C=C\C=C/C)[C@@H]1CC(F)(F)CCN1C(=O)C(=O)Nc1cnc(NC(=O)OC(C)(C)C)c(C)c1. The number of amides is 3. The normalized spacial score (nSPS) is 17.9. The second-order valence-electron chi connectivity index (χ2n) is 9.25. The third-order valence-electron chi connectivity index (χ3n) is 5.04. The third kappa shape index (κ3) is 8.31. The van der Waals surface area contributed by atoms with Crippen molar-refractivity contribution in [1.29, 1.82) is 0 Å². The van der Waals surface area contributed by atoms with Crippen LogP contribution in [0.5, 0.6) is 0 Å². The van der Waals surface area contributed by atoms with Gasteiger partial charge in [-0.3, -0.25) is 14.9 Å². The maximum atomic E-state index is 14.1. The zero-order chi connectivity index (χ0) is 26.4. The van der Waals surface area contributed by atoms with Crippen LogP contribution in [0.1, 0.15) is 46.1 Å². The number of rotatable bonds is 5. The molecule has 1 saturated heterocycles. The Hall–Kier alpha value is -3.56. The van der Waals surface area contributed by atoms with Crippen molar-refractivity contribution in [2.24, 2.45) is 0 Å². The zero-order valence-electron chi connectivity index (χ0n) is 20.7. The van der Waals surface area contributed by atoms with E-state index in [-0.39, 0.29) is 18.1 Å². The molecule has 1 aromatic heterocycles. The number of anilines is 2. The summed E-state index contributed by atoms with van der Waals surface area (Å²) in [5, 5.41) is 4.96. The largest absolute Gasteiger partial charge is 0.444 e. The molecule has 0 aromatic carbocycles. The first-order valence-corrected chi connectivity index (χ1v) is 11.2. The molecule has 1 aromatic rings. The van der Waals surface area contributed by atoms with Gasteiger partial charge in [-0.1, -0.05) is 30.9 Å². The van der Waals surface area contributed by atoms with Crippen molar-refractivity contribution in [2.75, 3.05) is 17.2 Å². The number of nitrogens with one attached hydrogen (secondary N) is 2. The molecule has 0 radical (unpaired) electrons. The average Bonchev–Trinajstić information content (AvgIpc) is 2.73. The summed E-state index contributed by atoms with van der Waals surface area (Å²) < 4.78 is 33.4. The van der Waals surface area contributed by atoms with E-state index < -0.39 is 48.3 Å². The van der Waals surface area contributed by atoms with Gasteiger partial charge in [0.15, 0.2) is 0 Å². The van der Waals surface area contributed by atoms with Crippen LogP contribution in [0.2, 0.25) is 0 Å². The highest BCUT2D eigenvalue weighted by atomic mass is 19.3. The van der Waals surface area contributed by atoms with Crippen LogP contribution < -0.4 is 10.6 Å². The fourth-order valence-corrected chi connectivity index (χ4v) is 3.40. The number of aromatic nitrogens is 1. The lowest BCUT2D eigenvalue weighted by Crippen LogP contribution is -2.53. The van der Waals surface area contributed by atoms with Gasteiger partial charge < -0.3 is 15.0 Å². The summed E-state index contributed by atoms with van der Waals surface area (Å²) >= 11 is 0. The van der Waals surface area contributed by atoms with Crippen molar-refractivity contribution >= 4 is 29.4 Å². The number of hydrogen-bond donors (Lipinski definition) is 2. The van der Waals surface area contributed by atoms with Crippen LogP contribution in [-0.4, -0.2) is 51.9 Å². The van der Waals surface area contributed by atoms with Crippen LogP contribution in [0.25, 0.3) is 0 Å². The minimum Gasteiger partial charge on any atom is -0.444 e. The number of carbonyl (C=O) groups excluding carboxylic acids is 3. The minimum atomic E-state index is -2.96. The molecule has 0 aliphatic carbocycles. The number of halogens is 2. The Morgan fingerprint density at radius 1 is 1.26 bits per heavy atom. The van der Waals surface area contributed by atoms with Gasteiger partial charge >= 0.3 is 17.9 Å². The molecule has 10 heteroatoms. The van der Waals surface area contributed by atoms with E-state index in [9.17, 15) is 23.2 Å².